The van der Waals surface area contributed by atoms with Gasteiger partial charge in [0.05, 0.1) is 11.0 Å². The van der Waals surface area contributed by atoms with E-state index in [0.29, 0.717) is 0 Å². The predicted octanol–water partition coefficient (Wildman–Crippen LogP) is 3.69. The van der Waals surface area contributed by atoms with Crippen LogP contribution in [-0.2, 0) is 7.05 Å². The zero-order valence-corrected chi connectivity index (χ0v) is 12.6. The predicted molar refractivity (Wildman–Crippen MR) is 87.0 cm³/mol. The van der Waals surface area contributed by atoms with E-state index in [1.54, 1.807) is 11.6 Å². The van der Waals surface area contributed by atoms with E-state index in [9.17, 15) is 4.79 Å². The maximum Gasteiger partial charge on any atom is 0.326 e. The molecule has 1 unspecified atom stereocenters. The average molecular weight is 302 g/mol. The molecular weight excluding hydrogens is 286 g/mol. The van der Waals surface area contributed by atoms with Gasteiger partial charge in [-0.3, -0.25) is 4.57 Å². The topological polar surface area (TPSA) is 49.8 Å². The van der Waals surface area contributed by atoms with Gasteiger partial charge in [0.25, 0.3) is 0 Å². The van der Waals surface area contributed by atoms with Crippen LogP contribution in [0.3, 0.4) is 0 Å². The number of fused-ring (bicyclic) bond motifs is 1. The number of hydrogen-bond acceptors (Lipinski definition) is 2. The third kappa shape index (κ3) is 2.67. The van der Waals surface area contributed by atoms with Crippen LogP contribution in [0.15, 0.2) is 47.3 Å². The lowest BCUT2D eigenvalue weighted by atomic mass is 10.1. The maximum absolute atomic E-state index is 11.6. The minimum Gasteiger partial charge on any atom is -0.378 e. The number of nitrogens with zero attached hydrogens (tertiary/aromatic N) is 1. The maximum atomic E-state index is 11.6. The number of benzene rings is 2. The van der Waals surface area contributed by atoms with E-state index in [0.717, 1.165) is 27.3 Å². The van der Waals surface area contributed by atoms with Crippen molar-refractivity contribution < 1.29 is 0 Å². The van der Waals surface area contributed by atoms with Crippen LogP contribution >= 0.6 is 11.6 Å². The van der Waals surface area contributed by atoms with Crippen molar-refractivity contribution in [3.8, 4) is 0 Å². The van der Waals surface area contributed by atoms with Crippen molar-refractivity contribution in [3.63, 3.8) is 0 Å². The quantitative estimate of drug-likeness (QED) is 0.775. The lowest BCUT2D eigenvalue weighted by Crippen LogP contribution is -2.12. The molecule has 3 aromatic rings. The van der Waals surface area contributed by atoms with E-state index < -0.39 is 0 Å². The van der Waals surface area contributed by atoms with Gasteiger partial charge < -0.3 is 10.3 Å². The lowest BCUT2D eigenvalue weighted by Gasteiger charge is -2.16. The standard InChI is InChI=1S/C16H16ClN3O/c1-10(11-3-5-12(17)6-4-11)18-13-7-8-14-15(9-13)20(2)16(21)19-14/h3-10,18H,1-2H3,(H,19,21). The molecule has 2 N–H and O–H groups in total. The molecule has 0 bridgehead atoms. The number of nitrogens with one attached hydrogen (secondary N) is 2. The van der Waals surface area contributed by atoms with E-state index >= 15 is 0 Å². The molecule has 4 nitrogen and oxygen atoms in total. The Morgan fingerprint density at radius 2 is 1.90 bits per heavy atom. The number of imidazole rings is 1. The molecule has 0 aliphatic heterocycles. The monoisotopic (exact) mass is 301 g/mol. The highest BCUT2D eigenvalue weighted by atomic mass is 35.5. The summed E-state index contributed by atoms with van der Waals surface area (Å²) in [7, 11) is 1.76. The van der Waals surface area contributed by atoms with Gasteiger partial charge in [0.1, 0.15) is 0 Å². The van der Waals surface area contributed by atoms with E-state index in [1.165, 1.54) is 0 Å². The SMILES string of the molecule is CC(Nc1ccc2[nH]c(=O)n(C)c2c1)c1ccc(Cl)cc1. The molecule has 5 heteroatoms. The number of aromatic amines is 1. The Labute approximate surface area is 127 Å². The van der Waals surface area contributed by atoms with Crippen LogP contribution in [0.2, 0.25) is 5.02 Å². The average Bonchev–Trinajstić information content (AvgIpc) is 2.75. The molecule has 0 spiro atoms. The number of halogens is 1. The summed E-state index contributed by atoms with van der Waals surface area (Å²) in [6, 6.07) is 13.8. The summed E-state index contributed by atoms with van der Waals surface area (Å²) in [6.45, 7) is 2.09. The summed E-state index contributed by atoms with van der Waals surface area (Å²) in [5.74, 6) is 0. The summed E-state index contributed by atoms with van der Waals surface area (Å²) in [4.78, 5) is 14.4. The van der Waals surface area contributed by atoms with Crippen LogP contribution in [0, 0.1) is 0 Å². The molecule has 0 amide bonds. The molecule has 0 fully saturated rings. The van der Waals surface area contributed by atoms with Crippen molar-refractivity contribution in [2.24, 2.45) is 7.05 Å². The van der Waals surface area contributed by atoms with Crippen LogP contribution in [0.25, 0.3) is 11.0 Å². The molecule has 0 saturated heterocycles. The first-order chi connectivity index (χ1) is 10.0. The molecule has 1 heterocycles. The van der Waals surface area contributed by atoms with Gasteiger partial charge in [-0.25, -0.2) is 4.79 Å². The van der Waals surface area contributed by atoms with Gasteiger partial charge in [-0.1, -0.05) is 23.7 Å². The second-order valence-corrected chi connectivity index (χ2v) is 5.58. The minimum atomic E-state index is -0.104. The normalized spacial score (nSPS) is 12.5. The fraction of sp³-hybridized carbons (Fsp3) is 0.188. The van der Waals surface area contributed by atoms with Crippen molar-refractivity contribution in [3.05, 3.63) is 63.5 Å². The van der Waals surface area contributed by atoms with Gasteiger partial charge in [-0.05, 0) is 42.8 Å². The highest BCUT2D eigenvalue weighted by Crippen LogP contribution is 2.23. The van der Waals surface area contributed by atoms with Gasteiger partial charge in [0.15, 0.2) is 0 Å². The molecule has 1 aromatic heterocycles. The lowest BCUT2D eigenvalue weighted by molar-refractivity contribution is 0.881. The summed E-state index contributed by atoms with van der Waals surface area (Å²) in [5.41, 5.74) is 3.75. The van der Waals surface area contributed by atoms with Crippen LogP contribution in [-0.4, -0.2) is 9.55 Å². The van der Waals surface area contributed by atoms with E-state index in [4.69, 9.17) is 11.6 Å². The van der Waals surface area contributed by atoms with Crippen molar-refractivity contribution >= 4 is 28.3 Å². The summed E-state index contributed by atoms with van der Waals surface area (Å²) < 4.78 is 1.60. The fourth-order valence-electron chi connectivity index (χ4n) is 2.40. The van der Waals surface area contributed by atoms with E-state index in [1.807, 2.05) is 42.5 Å². The van der Waals surface area contributed by atoms with Crippen LogP contribution in [0.1, 0.15) is 18.5 Å². The Kier molecular flexibility index (Phi) is 3.47. The van der Waals surface area contributed by atoms with Crippen molar-refractivity contribution in [1.82, 2.24) is 9.55 Å². The molecule has 1 atom stereocenters. The van der Waals surface area contributed by atoms with Crippen LogP contribution < -0.4 is 11.0 Å². The van der Waals surface area contributed by atoms with Gasteiger partial charge in [-0.15, -0.1) is 0 Å². The van der Waals surface area contributed by atoms with Gasteiger partial charge in [0.2, 0.25) is 0 Å². The second-order valence-electron chi connectivity index (χ2n) is 5.14. The largest absolute Gasteiger partial charge is 0.378 e. The van der Waals surface area contributed by atoms with Gasteiger partial charge >= 0.3 is 5.69 Å². The molecule has 0 aliphatic rings. The van der Waals surface area contributed by atoms with Crippen molar-refractivity contribution in [1.29, 1.82) is 0 Å². The first kappa shape index (κ1) is 13.8. The fourth-order valence-corrected chi connectivity index (χ4v) is 2.52. The molecule has 3 rings (SSSR count). The second kappa shape index (κ2) is 5.30. The van der Waals surface area contributed by atoms with E-state index in [-0.39, 0.29) is 11.7 Å². The summed E-state index contributed by atoms with van der Waals surface area (Å²) >= 11 is 5.91. The smallest absolute Gasteiger partial charge is 0.326 e. The van der Waals surface area contributed by atoms with Crippen molar-refractivity contribution in [2.75, 3.05) is 5.32 Å². The highest BCUT2D eigenvalue weighted by Gasteiger charge is 2.08. The van der Waals surface area contributed by atoms with Gasteiger partial charge in [-0.2, -0.15) is 0 Å². The Balaban J connectivity index is 1.89. The molecule has 21 heavy (non-hydrogen) atoms. The minimum absolute atomic E-state index is 0.104. The zero-order chi connectivity index (χ0) is 15.0. The zero-order valence-electron chi connectivity index (χ0n) is 11.9. The molecule has 0 radical (unpaired) electrons. The third-order valence-electron chi connectivity index (χ3n) is 3.66. The van der Waals surface area contributed by atoms with Crippen LogP contribution in [0.4, 0.5) is 5.69 Å². The Morgan fingerprint density at radius 3 is 2.62 bits per heavy atom. The number of aromatic nitrogens is 2. The molecular formula is C16H16ClN3O. The van der Waals surface area contributed by atoms with Crippen molar-refractivity contribution in [2.45, 2.75) is 13.0 Å². The first-order valence-corrected chi connectivity index (χ1v) is 7.13. The number of anilines is 1. The Bertz CT molecular complexity index is 833. The number of aryl methyl sites for hydroxylation is 1. The summed E-state index contributed by atoms with van der Waals surface area (Å²) in [6.07, 6.45) is 0. The first-order valence-electron chi connectivity index (χ1n) is 6.75. The highest BCUT2D eigenvalue weighted by molar-refractivity contribution is 6.30. The molecule has 0 aliphatic carbocycles. The van der Waals surface area contributed by atoms with E-state index in [2.05, 4.69) is 17.2 Å². The Hall–Kier alpha value is -2.20. The Morgan fingerprint density at radius 1 is 1.19 bits per heavy atom. The number of rotatable bonds is 3. The molecule has 0 saturated carbocycles. The number of H-pyrrole nitrogens is 1. The molecule has 108 valence electrons. The number of hydrogen-bond donors (Lipinski definition) is 2. The molecule has 2 aromatic carbocycles. The van der Waals surface area contributed by atoms with Crippen LogP contribution in [0.5, 0.6) is 0 Å². The van der Waals surface area contributed by atoms with Gasteiger partial charge in [0, 0.05) is 23.8 Å². The third-order valence-corrected chi connectivity index (χ3v) is 3.91. The summed E-state index contributed by atoms with van der Waals surface area (Å²) in [5, 5.41) is 4.17.